The molecule has 0 spiro atoms. The molecule has 0 N–H and O–H groups in total. The summed E-state index contributed by atoms with van der Waals surface area (Å²) >= 11 is 0. The van der Waals surface area contributed by atoms with Gasteiger partial charge in [-0.05, 0) is 67.9 Å². The minimum Gasteiger partial charge on any atom is -0.366 e. The molecular formula is C26H24N2O2. The molecule has 0 amide bonds. The maximum absolute atomic E-state index is 13.0. The maximum atomic E-state index is 13.0. The molecule has 0 saturated carbocycles. The van der Waals surface area contributed by atoms with E-state index in [4.69, 9.17) is 0 Å². The second-order valence-electron chi connectivity index (χ2n) is 8.68. The number of carbonyl (C=O) groups excluding carboxylic acids is 2. The Hall–Kier alpha value is -3.19. The van der Waals surface area contributed by atoms with E-state index in [2.05, 4.69) is 11.0 Å². The van der Waals surface area contributed by atoms with Crippen molar-refractivity contribution in [2.75, 3.05) is 4.90 Å². The zero-order valence-electron chi connectivity index (χ0n) is 17.1. The van der Waals surface area contributed by atoms with Crippen molar-refractivity contribution in [3.05, 3.63) is 75.9 Å². The number of ketones is 2. The summed E-state index contributed by atoms with van der Waals surface area (Å²) in [6.45, 7) is 1.90. The first-order chi connectivity index (χ1) is 14.6. The Kier molecular flexibility index (Phi) is 4.55. The Labute approximate surface area is 176 Å². The van der Waals surface area contributed by atoms with Gasteiger partial charge in [-0.15, -0.1) is 0 Å². The summed E-state index contributed by atoms with van der Waals surface area (Å²) in [7, 11) is 0. The first-order valence-corrected chi connectivity index (χ1v) is 10.7. The van der Waals surface area contributed by atoms with E-state index in [-0.39, 0.29) is 23.6 Å². The van der Waals surface area contributed by atoms with Gasteiger partial charge in [0.1, 0.15) is 0 Å². The molecule has 2 fully saturated rings. The lowest BCUT2D eigenvalue weighted by atomic mass is 9.84. The number of anilines is 1. The quantitative estimate of drug-likeness (QED) is 0.715. The highest BCUT2D eigenvalue weighted by Gasteiger charge is 2.39. The third kappa shape index (κ3) is 2.97. The van der Waals surface area contributed by atoms with Crippen molar-refractivity contribution >= 4 is 17.3 Å². The SMILES string of the molecule is Cc1cccc2c1C(=O)C(C(=O)Cc1ccc(N3C4CCC3CC4)cc1C#N)=CC2. The molecule has 30 heavy (non-hydrogen) atoms. The summed E-state index contributed by atoms with van der Waals surface area (Å²) in [4.78, 5) is 28.4. The molecule has 5 rings (SSSR count). The van der Waals surface area contributed by atoms with Crippen molar-refractivity contribution in [3.8, 4) is 6.07 Å². The first-order valence-electron chi connectivity index (χ1n) is 10.7. The molecule has 2 saturated heterocycles. The van der Waals surface area contributed by atoms with E-state index in [1.807, 2.05) is 43.3 Å². The molecule has 2 aromatic rings. The molecule has 0 aromatic heterocycles. The van der Waals surface area contributed by atoms with Crippen molar-refractivity contribution < 1.29 is 9.59 Å². The summed E-state index contributed by atoms with van der Waals surface area (Å²) in [5.74, 6) is -0.400. The summed E-state index contributed by atoms with van der Waals surface area (Å²) in [5.41, 5.74) is 5.10. The normalized spacial score (nSPS) is 21.9. The second kappa shape index (κ2) is 7.25. The molecule has 1 aliphatic carbocycles. The molecule has 150 valence electrons. The van der Waals surface area contributed by atoms with Crippen molar-refractivity contribution in [2.24, 2.45) is 0 Å². The number of benzene rings is 2. The molecule has 2 heterocycles. The van der Waals surface area contributed by atoms with Crippen LogP contribution in [0.5, 0.6) is 0 Å². The van der Waals surface area contributed by atoms with E-state index in [0.717, 1.165) is 16.8 Å². The van der Waals surface area contributed by atoms with Crippen LogP contribution in [0.1, 0.15) is 58.3 Å². The molecule has 4 heteroatoms. The lowest BCUT2D eigenvalue weighted by Gasteiger charge is -2.25. The Morgan fingerprint density at radius 1 is 1.13 bits per heavy atom. The minimum atomic E-state index is -0.209. The fourth-order valence-electron chi connectivity index (χ4n) is 5.49. The average molecular weight is 396 g/mol. The standard InChI is InChI=1S/C26H24N2O2/c1-16-3-2-4-17-6-12-23(26(30)25(16)17)24(29)14-18-5-7-22(13-19(18)15-27)28-20-8-9-21(28)11-10-20/h2-5,7,12-13,20-21H,6,8-11,14H2,1H3. The van der Waals surface area contributed by atoms with Crippen LogP contribution in [-0.2, 0) is 17.6 Å². The molecule has 4 nitrogen and oxygen atoms in total. The van der Waals surface area contributed by atoms with Crippen LogP contribution >= 0.6 is 0 Å². The summed E-state index contributed by atoms with van der Waals surface area (Å²) < 4.78 is 0. The van der Waals surface area contributed by atoms with Crippen LogP contribution in [0.25, 0.3) is 0 Å². The Morgan fingerprint density at radius 2 is 1.87 bits per heavy atom. The van der Waals surface area contributed by atoms with Crippen molar-refractivity contribution in [1.29, 1.82) is 5.26 Å². The topological polar surface area (TPSA) is 61.2 Å². The third-order valence-electron chi connectivity index (χ3n) is 6.97. The first kappa shape index (κ1) is 18.8. The van der Waals surface area contributed by atoms with E-state index >= 15 is 0 Å². The molecule has 3 aliphatic rings. The van der Waals surface area contributed by atoms with Gasteiger partial charge in [0.25, 0.3) is 0 Å². The monoisotopic (exact) mass is 396 g/mol. The van der Waals surface area contributed by atoms with Crippen LogP contribution < -0.4 is 4.90 Å². The van der Waals surface area contributed by atoms with Gasteiger partial charge >= 0.3 is 0 Å². The summed E-state index contributed by atoms with van der Waals surface area (Å²) in [6, 6.07) is 15.1. The Morgan fingerprint density at radius 3 is 2.57 bits per heavy atom. The van der Waals surface area contributed by atoms with Crippen molar-refractivity contribution in [3.63, 3.8) is 0 Å². The van der Waals surface area contributed by atoms with Gasteiger partial charge in [0.05, 0.1) is 17.2 Å². The van der Waals surface area contributed by atoms with Gasteiger partial charge in [-0.25, -0.2) is 0 Å². The van der Waals surface area contributed by atoms with Gasteiger partial charge in [0, 0.05) is 29.8 Å². The second-order valence-corrected chi connectivity index (χ2v) is 8.68. The van der Waals surface area contributed by atoms with Gasteiger partial charge in [0.2, 0.25) is 0 Å². The van der Waals surface area contributed by atoms with Gasteiger partial charge < -0.3 is 4.90 Å². The maximum Gasteiger partial charge on any atom is 0.196 e. The molecule has 0 atom stereocenters. The molecule has 2 bridgehead atoms. The number of carbonyl (C=O) groups is 2. The summed E-state index contributed by atoms with van der Waals surface area (Å²) in [6.07, 6.45) is 7.32. The van der Waals surface area contributed by atoms with E-state index in [1.165, 1.54) is 25.7 Å². The van der Waals surface area contributed by atoms with Crippen LogP contribution in [0.15, 0.2) is 48.0 Å². The number of fused-ring (bicyclic) bond motifs is 3. The van der Waals surface area contributed by atoms with Crippen LogP contribution in [0, 0.1) is 18.3 Å². The largest absolute Gasteiger partial charge is 0.366 e. The van der Waals surface area contributed by atoms with E-state index < -0.39 is 0 Å². The predicted molar refractivity (Wildman–Crippen MR) is 116 cm³/mol. The Bertz CT molecular complexity index is 1120. The predicted octanol–water partition coefficient (Wildman–Crippen LogP) is 4.47. The highest BCUT2D eigenvalue weighted by Crippen LogP contribution is 2.41. The lowest BCUT2D eigenvalue weighted by molar-refractivity contribution is -0.114. The number of nitrogens with zero attached hydrogens (tertiary/aromatic N) is 2. The van der Waals surface area contributed by atoms with E-state index in [1.54, 1.807) is 6.08 Å². The van der Waals surface area contributed by atoms with Crippen LogP contribution in [0.3, 0.4) is 0 Å². The highest BCUT2D eigenvalue weighted by atomic mass is 16.1. The smallest absolute Gasteiger partial charge is 0.196 e. The number of allylic oxidation sites excluding steroid dienone is 2. The number of hydrogen-bond donors (Lipinski definition) is 0. The minimum absolute atomic E-state index is 0.0782. The van der Waals surface area contributed by atoms with Gasteiger partial charge in [0.15, 0.2) is 11.6 Å². The summed E-state index contributed by atoms with van der Waals surface area (Å²) in [5, 5.41) is 9.71. The number of Topliss-reactive ketones (excluding diaryl/α,β-unsaturated/α-hetero) is 2. The number of rotatable bonds is 4. The molecule has 2 aliphatic heterocycles. The molecular weight excluding hydrogens is 372 g/mol. The fourth-order valence-corrected chi connectivity index (χ4v) is 5.49. The lowest BCUT2D eigenvalue weighted by Crippen LogP contribution is -2.28. The zero-order chi connectivity index (χ0) is 20.8. The molecule has 0 unspecified atom stereocenters. The number of aryl methyl sites for hydroxylation is 1. The van der Waals surface area contributed by atoms with E-state index in [9.17, 15) is 14.9 Å². The van der Waals surface area contributed by atoms with Crippen LogP contribution in [0.4, 0.5) is 5.69 Å². The number of hydrogen-bond acceptors (Lipinski definition) is 4. The van der Waals surface area contributed by atoms with Crippen molar-refractivity contribution in [2.45, 2.75) is 57.5 Å². The zero-order valence-corrected chi connectivity index (χ0v) is 17.1. The fraction of sp³-hybridized carbons (Fsp3) is 0.346. The van der Waals surface area contributed by atoms with Crippen molar-refractivity contribution in [1.82, 2.24) is 0 Å². The van der Waals surface area contributed by atoms with Gasteiger partial charge in [-0.2, -0.15) is 5.26 Å². The third-order valence-corrected chi connectivity index (χ3v) is 6.97. The highest BCUT2D eigenvalue weighted by molar-refractivity contribution is 6.28. The van der Waals surface area contributed by atoms with Crippen LogP contribution in [-0.4, -0.2) is 23.7 Å². The average Bonchev–Trinajstić information content (AvgIpc) is 3.35. The Balaban J connectivity index is 1.39. The number of nitriles is 1. The molecule has 2 aromatic carbocycles. The van der Waals surface area contributed by atoms with Gasteiger partial charge in [-0.1, -0.05) is 30.3 Å². The molecule has 0 radical (unpaired) electrons. The van der Waals surface area contributed by atoms with E-state index in [0.29, 0.717) is 35.2 Å². The van der Waals surface area contributed by atoms with Crippen LogP contribution in [0.2, 0.25) is 0 Å². The van der Waals surface area contributed by atoms with Gasteiger partial charge in [-0.3, -0.25) is 9.59 Å².